The molecule has 2 atom stereocenters. The van der Waals surface area contributed by atoms with Crippen molar-refractivity contribution in [2.24, 2.45) is 5.41 Å². The molecular weight excluding hydrogens is 190 g/mol. The van der Waals surface area contributed by atoms with Gasteiger partial charge in [0.2, 0.25) is 0 Å². The smallest absolute Gasteiger partial charge is 0.0237 e. The van der Waals surface area contributed by atoms with Crippen LogP contribution in [0.4, 0.5) is 0 Å². The summed E-state index contributed by atoms with van der Waals surface area (Å²) in [7, 11) is 0. The molecule has 1 fully saturated rings. The maximum absolute atomic E-state index is 3.69. The number of nitrogens with one attached hydrogen (secondary N) is 1. The lowest BCUT2D eigenvalue weighted by atomic mass is 9.73. The second kappa shape index (κ2) is 5.41. The molecular formula is C12H25NS. The highest BCUT2D eigenvalue weighted by Gasteiger charge is 2.38. The number of rotatable bonds is 4. The second-order valence-electron chi connectivity index (χ2n) is 4.91. The Hall–Kier alpha value is 0.310. The summed E-state index contributed by atoms with van der Waals surface area (Å²) in [5.74, 6) is 1.25. The molecule has 14 heavy (non-hydrogen) atoms. The van der Waals surface area contributed by atoms with Crippen molar-refractivity contribution in [3.8, 4) is 0 Å². The highest BCUT2D eigenvalue weighted by atomic mass is 32.2. The molecule has 0 radical (unpaired) electrons. The molecule has 0 spiro atoms. The van der Waals surface area contributed by atoms with E-state index in [1.807, 2.05) is 0 Å². The average Bonchev–Trinajstić information content (AvgIpc) is 2.11. The van der Waals surface area contributed by atoms with Crippen molar-refractivity contribution in [3.63, 3.8) is 0 Å². The Morgan fingerprint density at radius 1 is 1.36 bits per heavy atom. The first kappa shape index (κ1) is 12.4. The fraction of sp³-hybridized carbons (Fsp3) is 1.00. The lowest BCUT2D eigenvalue weighted by Gasteiger charge is -2.44. The van der Waals surface area contributed by atoms with Crippen molar-refractivity contribution in [2.45, 2.75) is 58.2 Å². The zero-order valence-corrected chi connectivity index (χ0v) is 10.9. The van der Waals surface area contributed by atoms with E-state index in [0.717, 1.165) is 11.8 Å². The molecule has 1 saturated carbocycles. The van der Waals surface area contributed by atoms with Gasteiger partial charge >= 0.3 is 0 Å². The van der Waals surface area contributed by atoms with Crippen molar-refractivity contribution < 1.29 is 0 Å². The topological polar surface area (TPSA) is 12.0 Å². The summed E-state index contributed by atoms with van der Waals surface area (Å²) in [6.45, 7) is 10.4. The summed E-state index contributed by atoms with van der Waals surface area (Å²) >= 11 is 2.14. The third kappa shape index (κ3) is 2.90. The Labute approximate surface area is 93.4 Å². The molecule has 1 nitrogen and oxygen atoms in total. The van der Waals surface area contributed by atoms with E-state index in [1.54, 1.807) is 0 Å². The largest absolute Gasteiger partial charge is 0.313 e. The first-order chi connectivity index (χ1) is 6.61. The molecule has 0 aromatic carbocycles. The molecule has 1 rings (SSSR count). The minimum Gasteiger partial charge on any atom is -0.313 e. The van der Waals surface area contributed by atoms with Gasteiger partial charge in [0.1, 0.15) is 0 Å². The zero-order valence-electron chi connectivity index (χ0n) is 10.1. The van der Waals surface area contributed by atoms with E-state index in [9.17, 15) is 0 Å². The van der Waals surface area contributed by atoms with E-state index in [0.29, 0.717) is 11.5 Å². The molecule has 0 aromatic rings. The fourth-order valence-corrected chi connectivity index (χ4v) is 4.02. The van der Waals surface area contributed by atoms with Crippen molar-refractivity contribution in [2.75, 3.05) is 12.3 Å². The molecule has 1 aliphatic carbocycles. The first-order valence-electron chi connectivity index (χ1n) is 5.96. The SMILES string of the molecule is CCNC1C(SCC)CCCC1(C)C. The van der Waals surface area contributed by atoms with E-state index < -0.39 is 0 Å². The normalized spacial score (nSPS) is 31.7. The number of hydrogen-bond donors (Lipinski definition) is 1. The molecule has 0 saturated heterocycles. The second-order valence-corrected chi connectivity index (χ2v) is 6.43. The van der Waals surface area contributed by atoms with Crippen molar-refractivity contribution >= 4 is 11.8 Å². The summed E-state index contributed by atoms with van der Waals surface area (Å²) in [6, 6.07) is 0.714. The third-order valence-corrected chi connectivity index (χ3v) is 4.60. The van der Waals surface area contributed by atoms with Crippen molar-refractivity contribution in [1.29, 1.82) is 0 Å². The Morgan fingerprint density at radius 3 is 2.64 bits per heavy atom. The van der Waals surface area contributed by atoms with Crippen LogP contribution in [-0.4, -0.2) is 23.6 Å². The van der Waals surface area contributed by atoms with Gasteiger partial charge in [-0.1, -0.05) is 34.1 Å². The van der Waals surface area contributed by atoms with E-state index in [2.05, 4.69) is 44.8 Å². The number of hydrogen-bond acceptors (Lipinski definition) is 2. The molecule has 0 heterocycles. The molecule has 2 unspecified atom stereocenters. The highest BCUT2D eigenvalue weighted by Crippen LogP contribution is 2.40. The summed E-state index contributed by atoms with van der Waals surface area (Å²) in [4.78, 5) is 0. The van der Waals surface area contributed by atoms with Crippen LogP contribution in [-0.2, 0) is 0 Å². The van der Waals surface area contributed by atoms with Crippen molar-refractivity contribution in [3.05, 3.63) is 0 Å². The van der Waals surface area contributed by atoms with E-state index >= 15 is 0 Å². The number of thioether (sulfide) groups is 1. The monoisotopic (exact) mass is 215 g/mol. The predicted octanol–water partition coefficient (Wildman–Crippen LogP) is 3.30. The minimum atomic E-state index is 0.487. The van der Waals surface area contributed by atoms with Crippen LogP contribution >= 0.6 is 11.8 Å². The van der Waals surface area contributed by atoms with Crippen LogP contribution in [0.15, 0.2) is 0 Å². The lowest BCUT2D eigenvalue weighted by Crippen LogP contribution is -2.51. The zero-order chi connectivity index (χ0) is 10.6. The summed E-state index contributed by atoms with van der Waals surface area (Å²) in [5.41, 5.74) is 0.487. The van der Waals surface area contributed by atoms with Gasteiger partial charge in [-0.25, -0.2) is 0 Å². The van der Waals surface area contributed by atoms with E-state index in [1.165, 1.54) is 25.0 Å². The van der Waals surface area contributed by atoms with Crippen LogP contribution < -0.4 is 5.32 Å². The summed E-state index contributed by atoms with van der Waals surface area (Å²) in [6.07, 6.45) is 4.19. The van der Waals surface area contributed by atoms with Crippen LogP contribution in [0.1, 0.15) is 47.0 Å². The molecule has 1 aliphatic rings. The lowest BCUT2D eigenvalue weighted by molar-refractivity contribution is 0.176. The maximum Gasteiger partial charge on any atom is 0.0237 e. The van der Waals surface area contributed by atoms with Crippen LogP contribution in [0, 0.1) is 5.41 Å². The van der Waals surface area contributed by atoms with Crippen molar-refractivity contribution in [1.82, 2.24) is 5.32 Å². The standard InChI is InChI=1S/C12H25NS/c1-5-13-11-10(14-6-2)8-7-9-12(11,3)4/h10-11,13H,5-9H2,1-4H3. The molecule has 2 heteroatoms. The molecule has 0 amide bonds. The van der Waals surface area contributed by atoms with Gasteiger partial charge in [0.25, 0.3) is 0 Å². The van der Waals surface area contributed by atoms with E-state index in [-0.39, 0.29) is 0 Å². The molecule has 0 aromatic heterocycles. The van der Waals surface area contributed by atoms with Gasteiger partial charge in [-0.3, -0.25) is 0 Å². The van der Waals surface area contributed by atoms with E-state index in [4.69, 9.17) is 0 Å². The van der Waals surface area contributed by atoms with Gasteiger partial charge in [-0.2, -0.15) is 11.8 Å². The van der Waals surface area contributed by atoms with Crippen LogP contribution in [0.2, 0.25) is 0 Å². The predicted molar refractivity (Wildman–Crippen MR) is 67.0 cm³/mol. The fourth-order valence-electron chi connectivity index (χ4n) is 2.61. The summed E-state index contributed by atoms with van der Waals surface area (Å²) in [5, 5.41) is 4.53. The van der Waals surface area contributed by atoms with Crippen LogP contribution in [0.5, 0.6) is 0 Å². The molecule has 0 aliphatic heterocycles. The molecule has 1 N–H and O–H groups in total. The molecule has 0 bridgehead atoms. The maximum atomic E-state index is 3.69. The summed E-state index contributed by atoms with van der Waals surface area (Å²) < 4.78 is 0. The quantitative estimate of drug-likeness (QED) is 0.772. The average molecular weight is 215 g/mol. The van der Waals surface area contributed by atoms with Crippen LogP contribution in [0.25, 0.3) is 0 Å². The first-order valence-corrected chi connectivity index (χ1v) is 7.01. The minimum absolute atomic E-state index is 0.487. The van der Waals surface area contributed by atoms with Gasteiger partial charge in [-0.05, 0) is 30.6 Å². The van der Waals surface area contributed by atoms with Crippen LogP contribution in [0.3, 0.4) is 0 Å². The van der Waals surface area contributed by atoms with Gasteiger partial charge in [0.15, 0.2) is 0 Å². The van der Waals surface area contributed by atoms with Gasteiger partial charge in [-0.15, -0.1) is 0 Å². The Kier molecular flexibility index (Phi) is 4.78. The Balaban J connectivity index is 2.63. The highest BCUT2D eigenvalue weighted by molar-refractivity contribution is 7.99. The van der Waals surface area contributed by atoms with Gasteiger partial charge in [0, 0.05) is 11.3 Å². The third-order valence-electron chi connectivity index (χ3n) is 3.33. The Morgan fingerprint density at radius 2 is 2.07 bits per heavy atom. The Bertz CT molecular complexity index is 166. The van der Waals surface area contributed by atoms with Gasteiger partial charge in [0.05, 0.1) is 0 Å². The van der Waals surface area contributed by atoms with Gasteiger partial charge < -0.3 is 5.32 Å². The molecule has 84 valence electrons.